The number of nitrogens with zero attached hydrogens (tertiary/aromatic N) is 3. The average Bonchev–Trinajstić information content (AvgIpc) is 3.21. The standard InChI is InChI=1S/C16H20N4O2S/c1-2-9-21-13-7-4-3-6-12(13)11-17-20-15(18-19-16(20)23)14-8-5-10-22-14/h3-4,6-7,11,14H,2,5,8-10H2,1H3,(H,19,23)/b17-11-. The summed E-state index contributed by atoms with van der Waals surface area (Å²) in [5.74, 6) is 1.53. The molecule has 1 aromatic heterocycles. The Bertz CT molecular complexity index is 732. The number of hydrogen-bond donors (Lipinski definition) is 1. The third-order valence-corrected chi connectivity index (χ3v) is 3.85. The number of rotatable bonds is 6. The maximum absolute atomic E-state index is 5.74. The van der Waals surface area contributed by atoms with E-state index in [1.165, 1.54) is 0 Å². The minimum Gasteiger partial charge on any atom is -0.493 e. The highest BCUT2D eigenvalue weighted by atomic mass is 32.1. The van der Waals surface area contributed by atoms with Gasteiger partial charge in [-0.05, 0) is 43.6 Å². The van der Waals surface area contributed by atoms with Gasteiger partial charge in [-0.15, -0.1) is 0 Å². The summed E-state index contributed by atoms with van der Waals surface area (Å²) in [7, 11) is 0. The molecular weight excluding hydrogens is 312 g/mol. The van der Waals surface area contributed by atoms with E-state index in [9.17, 15) is 0 Å². The van der Waals surface area contributed by atoms with Gasteiger partial charge in [0, 0.05) is 12.2 Å². The summed E-state index contributed by atoms with van der Waals surface area (Å²) in [5, 5.41) is 11.5. The zero-order chi connectivity index (χ0) is 16.1. The van der Waals surface area contributed by atoms with E-state index >= 15 is 0 Å². The maximum Gasteiger partial charge on any atom is 0.216 e. The Kier molecular flexibility index (Phi) is 5.19. The van der Waals surface area contributed by atoms with Gasteiger partial charge < -0.3 is 9.47 Å². The van der Waals surface area contributed by atoms with Crippen LogP contribution in [0, 0.1) is 4.77 Å². The van der Waals surface area contributed by atoms with Gasteiger partial charge in [0.05, 0.1) is 12.8 Å². The monoisotopic (exact) mass is 332 g/mol. The summed E-state index contributed by atoms with van der Waals surface area (Å²) in [6.45, 7) is 3.51. The highest BCUT2D eigenvalue weighted by molar-refractivity contribution is 7.71. The molecule has 122 valence electrons. The van der Waals surface area contributed by atoms with Crippen LogP contribution in [0.1, 0.15) is 43.7 Å². The molecule has 1 saturated heterocycles. The Morgan fingerprint density at radius 3 is 3.17 bits per heavy atom. The molecule has 1 aliphatic heterocycles. The Morgan fingerprint density at radius 2 is 2.39 bits per heavy atom. The summed E-state index contributed by atoms with van der Waals surface area (Å²) in [4.78, 5) is 0. The molecule has 1 aliphatic rings. The first-order chi connectivity index (χ1) is 11.3. The van der Waals surface area contributed by atoms with E-state index in [2.05, 4.69) is 22.2 Å². The molecule has 0 bridgehead atoms. The molecule has 7 heteroatoms. The second-order valence-electron chi connectivity index (χ2n) is 5.33. The number of aromatic amines is 1. The minimum atomic E-state index is -0.0494. The van der Waals surface area contributed by atoms with Crippen molar-refractivity contribution in [1.29, 1.82) is 0 Å². The molecular formula is C16H20N4O2S. The molecule has 1 fully saturated rings. The molecule has 0 saturated carbocycles. The number of benzene rings is 1. The topological polar surface area (TPSA) is 64.4 Å². The summed E-state index contributed by atoms with van der Waals surface area (Å²) >= 11 is 5.27. The third kappa shape index (κ3) is 3.68. The lowest BCUT2D eigenvalue weighted by Gasteiger charge is -2.09. The molecule has 6 nitrogen and oxygen atoms in total. The van der Waals surface area contributed by atoms with Gasteiger partial charge in [0.2, 0.25) is 4.77 Å². The van der Waals surface area contributed by atoms with Crippen LogP contribution < -0.4 is 4.74 Å². The average molecular weight is 332 g/mol. The van der Waals surface area contributed by atoms with E-state index in [1.807, 2.05) is 24.3 Å². The molecule has 0 amide bonds. The van der Waals surface area contributed by atoms with Crippen molar-refractivity contribution in [2.45, 2.75) is 32.3 Å². The first-order valence-corrected chi connectivity index (χ1v) is 8.25. The van der Waals surface area contributed by atoms with Crippen molar-refractivity contribution in [3.63, 3.8) is 0 Å². The molecule has 1 unspecified atom stereocenters. The number of hydrogen-bond acceptors (Lipinski definition) is 5. The van der Waals surface area contributed by atoms with E-state index in [1.54, 1.807) is 10.9 Å². The molecule has 0 radical (unpaired) electrons. The lowest BCUT2D eigenvalue weighted by atomic mass is 10.2. The van der Waals surface area contributed by atoms with Crippen molar-refractivity contribution in [2.24, 2.45) is 5.10 Å². The first-order valence-electron chi connectivity index (χ1n) is 7.84. The third-order valence-electron chi connectivity index (χ3n) is 3.59. The Hall–Kier alpha value is -1.99. The van der Waals surface area contributed by atoms with Crippen molar-refractivity contribution >= 4 is 18.4 Å². The normalized spacial score (nSPS) is 17.9. The second kappa shape index (κ2) is 7.52. The van der Waals surface area contributed by atoms with Crippen LogP contribution in [0.15, 0.2) is 29.4 Å². The highest BCUT2D eigenvalue weighted by Crippen LogP contribution is 2.27. The van der Waals surface area contributed by atoms with Gasteiger partial charge >= 0.3 is 0 Å². The highest BCUT2D eigenvalue weighted by Gasteiger charge is 2.23. The fourth-order valence-corrected chi connectivity index (χ4v) is 2.64. The number of ether oxygens (including phenoxy) is 2. The van der Waals surface area contributed by atoms with Crippen LogP contribution in [0.25, 0.3) is 0 Å². The van der Waals surface area contributed by atoms with Crippen LogP contribution in [0.4, 0.5) is 0 Å². The van der Waals surface area contributed by atoms with Gasteiger partial charge in [-0.2, -0.15) is 14.9 Å². The van der Waals surface area contributed by atoms with Gasteiger partial charge in [-0.25, -0.2) is 0 Å². The quantitative estimate of drug-likeness (QED) is 0.650. The van der Waals surface area contributed by atoms with Crippen LogP contribution in [0.2, 0.25) is 0 Å². The maximum atomic E-state index is 5.74. The van der Waals surface area contributed by atoms with Crippen LogP contribution in [0.3, 0.4) is 0 Å². The Morgan fingerprint density at radius 1 is 1.52 bits per heavy atom. The van der Waals surface area contributed by atoms with E-state index in [4.69, 9.17) is 21.7 Å². The first kappa shape index (κ1) is 15.9. The number of nitrogens with one attached hydrogen (secondary N) is 1. The predicted molar refractivity (Wildman–Crippen MR) is 90.6 cm³/mol. The molecule has 1 N–H and O–H groups in total. The molecule has 2 aromatic rings. The smallest absolute Gasteiger partial charge is 0.216 e. The largest absolute Gasteiger partial charge is 0.493 e. The molecule has 3 rings (SSSR count). The van der Waals surface area contributed by atoms with Crippen molar-refractivity contribution in [1.82, 2.24) is 14.9 Å². The van der Waals surface area contributed by atoms with Crippen LogP contribution in [-0.4, -0.2) is 34.3 Å². The summed E-state index contributed by atoms with van der Waals surface area (Å²) in [6, 6.07) is 7.80. The molecule has 0 aliphatic carbocycles. The number of para-hydroxylation sites is 1. The minimum absolute atomic E-state index is 0.0494. The van der Waals surface area contributed by atoms with Crippen molar-refractivity contribution in [3.8, 4) is 5.75 Å². The van der Waals surface area contributed by atoms with Crippen LogP contribution in [-0.2, 0) is 4.74 Å². The van der Waals surface area contributed by atoms with Gasteiger partial charge in [0.25, 0.3) is 0 Å². The van der Waals surface area contributed by atoms with Crippen molar-refractivity contribution in [2.75, 3.05) is 13.2 Å². The molecule has 0 spiro atoms. The predicted octanol–water partition coefficient (Wildman–Crippen LogP) is 3.46. The van der Waals surface area contributed by atoms with E-state index < -0.39 is 0 Å². The van der Waals surface area contributed by atoms with E-state index in [-0.39, 0.29) is 6.10 Å². The van der Waals surface area contributed by atoms with Crippen LogP contribution in [0.5, 0.6) is 5.75 Å². The van der Waals surface area contributed by atoms with Crippen molar-refractivity contribution in [3.05, 3.63) is 40.4 Å². The summed E-state index contributed by atoms with van der Waals surface area (Å²) in [5.41, 5.74) is 0.905. The fourth-order valence-electron chi connectivity index (χ4n) is 2.46. The van der Waals surface area contributed by atoms with E-state index in [0.29, 0.717) is 11.4 Å². The lowest BCUT2D eigenvalue weighted by molar-refractivity contribution is 0.102. The van der Waals surface area contributed by atoms with Crippen LogP contribution >= 0.6 is 12.2 Å². The molecule has 1 aromatic carbocycles. The molecule has 1 atom stereocenters. The molecule has 23 heavy (non-hydrogen) atoms. The van der Waals surface area contributed by atoms with Gasteiger partial charge in [0.1, 0.15) is 11.9 Å². The Balaban J connectivity index is 1.86. The zero-order valence-electron chi connectivity index (χ0n) is 13.1. The van der Waals surface area contributed by atoms with Gasteiger partial charge in [-0.1, -0.05) is 19.1 Å². The molecule has 2 heterocycles. The van der Waals surface area contributed by atoms with E-state index in [0.717, 1.165) is 43.0 Å². The summed E-state index contributed by atoms with van der Waals surface area (Å²) in [6.07, 6.45) is 4.62. The Labute approximate surface area is 140 Å². The lowest BCUT2D eigenvalue weighted by Crippen LogP contribution is -2.06. The van der Waals surface area contributed by atoms with Gasteiger partial charge in [0.15, 0.2) is 5.82 Å². The fraction of sp³-hybridized carbons (Fsp3) is 0.438. The number of aromatic nitrogens is 3. The SMILES string of the molecule is CCCOc1ccccc1/C=N\n1c(C2CCCO2)n[nH]c1=S. The van der Waals surface area contributed by atoms with Gasteiger partial charge in [-0.3, -0.25) is 5.10 Å². The summed E-state index contributed by atoms with van der Waals surface area (Å²) < 4.78 is 13.5. The van der Waals surface area contributed by atoms with Crippen molar-refractivity contribution < 1.29 is 9.47 Å². The second-order valence-corrected chi connectivity index (χ2v) is 5.72. The zero-order valence-corrected chi connectivity index (χ0v) is 13.9. The number of H-pyrrole nitrogens is 1.